The Labute approximate surface area is 124 Å². The molecule has 0 aliphatic rings. The lowest BCUT2D eigenvalue weighted by Crippen LogP contribution is -2.12. The van der Waals surface area contributed by atoms with E-state index in [0.717, 1.165) is 16.8 Å². The Morgan fingerprint density at radius 1 is 0.952 bits per heavy atom. The molecule has 0 bridgehead atoms. The number of nitrogens with one attached hydrogen (secondary N) is 1. The number of hydrogen-bond acceptors (Lipinski definition) is 3. The van der Waals surface area contributed by atoms with Gasteiger partial charge in [-0.05, 0) is 38.1 Å². The van der Waals surface area contributed by atoms with Gasteiger partial charge in [-0.2, -0.15) is 0 Å². The molecular formula is C17H19NO3. The van der Waals surface area contributed by atoms with E-state index in [0.29, 0.717) is 17.1 Å². The Kier molecular flexibility index (Phi) is 4.48. The summed E-state index contributed by atoms with van der Waals surface area (Å²) in [6.45, 7) is 3.89. The van der Waals surface area contributed by atoms with Crippen LogP contribution in [0.15, 0.2) is 36.4 Å². The molecule has 0 spiro atoms. The average Bonchev–Trinajstić information content (AvgIpc) is 2.49. The third-order valence-corrected chi connectivity index (χ3v) is 3.32. The van der Waals surface area contributed by atoms with Crippen molar-refractivity contribution in [3.05, 3.63) is 53.1 Å². The number of hydrogen-bond donors (Lipinski definition) is 1. The predicted octanol–water partition coefficient (Wildman–Crippen LogP) is 3.57. The average molecular weight is 285 g/mol. The van der Waals surface area contributed by atoms with Crippen LogP contribution in [0.5, 0.6) is 11.5 Å². The molecule has 0 saturated carbocycles. The highest BCUT2D eigenvalue weighted by molar-refractivity contribution is 6.05. The lowest BCUT2D eigenvalue weighted by molar-refractivity contribution is 0.102. The molecule has 0 aromatic heterocycles. The molecule has 0 saturated heterocycles. The van der Waals surface area contributed by atoms with Crippen LogP contribution in [0.3, 0.4) is 0 Å². The number of carbonyl (C=O) groups is 1. The highest BCUT2D eigenvalue weighted by Crippen LogP contribution is 2.29. The van der Waals surface area contributed by atoms with Crippen molar-refractivity contribution in [3.63, 3.8) is 0 Å². The van der Waals surface area contributed by atoms with Crippen LogP contribution in [0, 0.1) is 13.8 Å². The third-order valence-electron chi connectivity index (χ3n) is 3.32. The van der Waals surface area contributed by atoms with Crippen molar-refractivity contribution < 1.29 is 14.3 Å². The fourth-order valence-electron chi connectivity index (χ4n) is 2.06. The molecule has 0 aliphatic heterocycles. The van der Waals surface area contributed by atoms with Crippen LogP contribution in [0.25, 0.3) is 0 Å². The Morgan fingerprint density at radius 2 is 1.48 bits per heavy atom. The van der Waals surface area contributed by atoms with Crippen LogP contribution in [0.4, 0.5) is 5.69 Å². The van der Waals surface area contributed by atoms with Crippen molar-refractivity contribution in [1.29, 1.82) is 0 Å². The summed E-state index contributed by atoms with van der Waals surface area (Å²) in [6, 6.07) is 11.1. The summed E-state index contributed by atoms with van der Waals surface area (Å²) in [5, 5.41) is 2.86. The van der Waals surface area contributed by atoms with E-state index in [1.54, 1.807) is 26.4 Å². The van der Waals surface area contributed by atoms with Gasteiger partial charge in [0.25, 0.3) is 5.91 Å². The van der Waals surface area contributed by atoms with Crippen molar-refractivity contribution in [2.75, 3.05) is 19.5 Å². The molecule has 2 aromatic rings. The number of ether oxygens (including phenoxy) is 2. The van der Waals surface area contributed by atoms with Gasteiger partial charge in [-0.1, -0.05) is 17.7 Å². The third kappa shape index (κ3) is 3.34. The summed E-state index contributed by atoms with van der Waals surface area (Å²) in [5.74, 6) is 1.06. The molecule has 0 radical (unpaired) electrons. The van der Waals surface area contributed by atoms with Crippen LogP contribution in [-0.2, 0) is 0 Å². The molecule has 2 rings (SSSR count). The van der Waals surface area contributed by atoms with E-state index in [2.05, 4.69) is 5.32 Å². The number of rotatable bonds is 4. The molecule has 1 amide bonds. The van der Waals surface area contributed by atoms with Crippen LogP contribution < -0.4 is 14.8 Å². The summed E-state index contributed by atoms with van der Waals surface area (Å²) >= 11 is 0. The van der Waals surface area contributed by atoms with E-state index < -0.39 is 0 Å². The highest BCUT2D eigenvalue weighted by Gasteiger charge is 2.13. The molecular weight excluding hydrogens is 266 g/mol. The number of amides is 1. The van der Waals surface area contributed by atoms with Crippen LogP contribution >= 0.6 is 0 Å². The first-order chi connectivity index (χ1) is 10.0. The fourth-order valence-corrected chi connectivity index (χ4v) is 2.06. The first-order valence-electron chi connectivity index (χ1n) is 6.65. The summed E-state index contributed by atoms with van der Waals surface area (Å²) in [4.78, 5) is 12.3. The topological polar surface area (TPSA) is 47.6 Å². The largest absolute Gasteiger partial charge is 0.496 e. The molecule has 21 heavy (non-hydrogen) atoms. The Morgan fingerprint density at radius 3 is 1.95 bits per heavy atom. The van der Waals surface area contributed by atoms with Crippen molar-refractivity contribution in [3.8, 4) is 11.5 Å². The number of methoxy groups -OCH3 is 2. The van der Waals surface area contributed by atoms with Gasteiger partial charge in [0.2, 0.25) is 0 Å². The van der Waals surface area contributed by atoms with Crippen LogP contribution in [0.2, 0.25) is 0 Å². The predicted molar refractivity (Wildman–Crippen MR) is 83.4 cm³/mol. The normalized spacial score (nSPS) is 10.1. The molecule has 1 N–H and O–H groups in total. The summed E-state index contributed by atoms with van der Waals surface area (Å²) in [7, 11) is 3.15. The Hall–Kier alpha value is -2.49. The summed E-state index contributed by atoms with van der Waals surface area (Å²) < 4.78 is 10.6. The first kappa shape index (κ1) is 14.9. The van der Waals surface area contributed by atoms with E-state index >= 15 is 0 Å². The van der Waals surface area contributed by atoms with Crippen LogP contribution in [0.1, 0.15) is 21.5 Å². The minimum Gasteiger partial charge on any atom is -0.496 e. The van der Waals surface area contributed by atoms with Crippen molar-refractivity contribution in [2.24, 2.45) is 0 Å². The van der Waals surface area contributed by atoms with E-state index in [9.17, 15) is 4.79 Å². The Balaban J connectivity index is 2.28. The molecule has 110 valence electrons. The minimum absolute atomic E-state index is 0.199. The molecule has 4 nitrogen and oxygen atoms in total. The maximum absolute atomic E-state index is 12.3. The van der Waals surface area contributed by atoms with Gasteiger partial charge >= 0.3 is 0 Å². The van der Waals surface area contributed by atoms with Crippen LogP contribution in [-0.4, -0.2) is 20.1 Å². The smallest absolute Gasteiger partial charge is 0.255 e. The summed E-state index contributed by atoms with van der Waals surface area (Å²) in [6.07, 6.45) is 0. The number of carbonyl (C=O) groups excluding carboxylic acids is 1. The van der Waals surface area contributed by atoms with Gasteiger partial charge in [0.15, 0.2) is 0 Å². The fraction of sp³-hybridized carbons (Fsp3) is 0.235. The zero-order valence-corrected chi connectivity index (χ0v) is 12.7. The van der Waals surface area contributed by atoms with Gasteiger partial charge in [-0.15, -0.1) is 0 Å². The minimum atomic E-state index is -0.199. The number of benzene rings is 2. The van der Waals surface area contributed by atoms with E-state index in [1.165, 1.54) is 0 Å². The maximum atomic E-state index is 12.3. The van der Waals surface area contributed by atoms with Crippen molar-refractivity contribution in [2.45, 2.75) is 13.8 Å². The standard InChI is InChI=1S/C17H19NO3/c1-11-5-7-14(8-6-11)18-17(19)13-9-15(20-3)12(2)16(10-13)21-4/h5-10H,1-4H3,(H,18,19). The lowest BCUT2D eigenvalue weighted by atomic mass is 10.1. The number of anilines is 1. The maximum Gasteiger partial charge on any atom is 0.255 e. The monoisotopic (exact) mass is 285 g/mol. The van der Waals surface area contributed by atoms with Gasteiger partial charge in [0, 0.05) is 16.8 Å². The molecule has 0 atom stereocenters. The molecule has 0 aliphatic carbocycles. The van der Waals surface area contributed by atoms with Crippen molar-refractivity contribution in [1.82, 2.24) is 0 Å². The summed E-state index contributed by atoms with van der Waals surface area (Å²) in [5.41, 5.74) is 3.26. The number of aryl methyl sites for hydroxylation is 1. The van der Waals surface area contributed by atoms with E-state index in [4.69, 9.17) is 9.47 Å². The van der Waals surface area contributed by atoms with Gasteiger partial charge < -0.3 is 14.8 Å². The van der Waals surface area contributed by atoms with Gasteiger partial charge in [0.05, 0.1) is 14.2 Å². The van der Waals surface area contributed by atoms with Crippen molar-refractivity contribution >= 4 is 11.6 Å². The lowest BCUT2D eigenvalue weighted by Gasteiger charge is -2.12. The molecule has 0 fully saturated rings. The first-order valence-corrected chi connectivity index (χ1v) is 6.65. The van der Waals surface area contributed by atoms with E-state index in [-0.39, 0.29) is 5.91 Å². The molecule has 2 aromatic carbocycles. The second-order valence-electron chi connectivity index (χ2n) is 4.83. The SMILES string of the molecule is COc1cc(C(=O)Nc2ccc(C)cc2)cc(OC)c1C. The second kappa shape index (κ2) is 6.31. The van der Waals surface area contributed by atoms with Gasteiger partial charge in [-0.3, -0.25) is 4.79 Å². The highest BCUT2D eigenvalue weighted by atomic mass is 16.5. The molecule has 0 unspecified atom stereocenters. The second-order valence-corrected chi connectivity index (χ2v) is 4.83. The zero-order chi connectivity index (χ0) is 15.4. The van der Waals surface area contributed by atoms with Gasteiger partial charge in [0.1, 0.15) is 11.5 Å². The zero-order valence-electron chi connectivity index (χ0n) is 12.7. The molecule has 4 heteroatoms. The van der Waals surface area contributed by atoms with E-state index in [1.807, 2.05) is 38.1 Å². The van der Waals surface area contributed by atoms with Gasteiger partial charge in [-0.25, -0.2) is 0 Å². The molecule has 0 heterocycles. The Bertz CT molecular complexity index is 623. The quantitative estimate of drug-likeness (QED) is 0.934.